The van der Waals surface area contributed by atoms with Gasteiger partial charge >= 0.3 is 0 Å². The van der Waals surface area contributed by atoms with Gasteiger partial charge in [0, 0.05) is 23.7 Å². The first-order chi connectivity index (χ1) is 9.54. The molecule has 1 heterocycles. The summed E-state index contributed by atoms with van der Waals surface area (Å²) in [7, 11) is 0. The number of pyridine rings is 1. The van der Waals surface area contributed by atoms with Crippen molar-refractivity contribution in [2.45, 2.75) is 64.8 Å². The summed E-state index contributed by atoms with van der Waals surface area (Å²) >= 11 is 5.41. The Kier molecular flexibility index (Phi) is 5.03. The predicted octanol–water partition coefficient (Wildman–Crippen LogP) is 3.40. The average molecular weight is 296 g/mol. The van der Waals surface area contributed by atoms with Crippen LogP contribution in [0.4, 0.5) is 0 Å². The van der Waals surface area contributed by atoms with E-state index >= 15 is 0 Å². The Hall–Kier alpha value is -1.09. The van der Waals surface area contributed by atoms with E-state index in [9.17, 15) is 9.59 Å². The van der Waals surface area contributed by atoms with Crippen LogP contribution in [0.5, 0.6) is 0 Å². The van der Waals surface area contributed by atoms with Crippen molar-refractivity contribution in [2.24, 2.45) is 0 Å². The van der Waals surface area contributed by atoms with Crippen LogP contribution in [-0.4, -0.2) is 9.81 Å². The standard InChI is InChI=1S/C16H22ClNO2/c1-3-11(2)18-14-7-5-4-6-12(14)10-13(16(18)20)8-9-15(17)19/h10-11H,3-9H2,1-2H3. The molecule has 4 heteroatoms. The monoisotopic (exact) mass is 295 g/mol. The quantitative estimate of drug-likeness (QED) is 0.781. The molecule has 1 aliphatic carbocycles. The van der Waals surface area contributed by atoms with Crippen LogP contribution in [0.1, 0.15) is 62.4 Å². The lowest BCUT2D eigenvalue weighted by molar-refractivity contribution is -0.111. The third-order valence-corrected chi connectivity index (χ3v) is 4.42. The molecule has 0 fully saturated rings. The van der Waals surface area contributed by atoms with E-state index in [1.807, 2.05) is 10.6 Å². The predicted molar refractivity (Wildman–Crippen MR) is 81.5 cm³/mol. The van der Waals surface area contributed by atoms with Crippen LogP contribution in [0, 0.1) is 0 Å². The lowest BCUT2D eigenvalue weighted by atomic mass is 9.93. The summed E-state index contributed by atoms with van der Waals surface area (Å²) in [5, 5.41) is -0.378. The van der Waals surface area contributed by atoms with Crippen molar-refractivity contribution in [3.8, 4) is 0 Å². The summed E-state index contributed by atoms with van der Waals surface area (Å²) in [5.41, 5.74) is 3.29. The molecule has 20 heavy (non-hydrogen) atoms. The van der Waals surface area contributed by atoms with Crippen molar-refractivity contribution >= 4 is 16.8 Å². The van der Waals surface area contributed by atoms with E-state index in [1.54, 1.807) is 0 Å². The molecule has 1 aromatic heterocycles. The molecule has 2 rings (SSSR count). The zero-order valence-corrected chi connectivity index (χ0v) is 13.0. The Labute approximate surface area is 124 Å². The summed E-state index contributed by atoms with van der Waals surface area (Å²) < 4.78 is 1.96. The minimum atomic E-state index is -0.378. The second kappa shape index (κ2) is 6.57. The van der Waals surface area contributed by atoms with E-state index in [1.165, 1.54) is 17.7 Å². The molecule has 1 aromatic rings. The van der Waals surface area contributed by atoms with Crippen LogP contribution < -0.4 is 5.56 Å². The van der Waals surface area contributed by atoms with Crippen molar-refractivity contribution in [3.05, 3.63) is 33.2 Å². The van der Waals surface area contributed by atoms with E-state index in [-0.39, 0.29) is 23.3 Å². The third kappa shape index (κ3) is 3.14. The number of halogens is 1. The maximum absolute atomic E-state index is 12.7. The molecular weight excluding hydrogens is 274 g/mol. The molecule has 0 radical (unpaired) electrons. The van der Waals surface area contributed by atoms with Gasteiger partial charge in [-0.15, -0.1) is 0 Å². The fourth-order valence-corrected chi connectivity index (χ4v) is 3.05. The average Bonchev–Trinajstić information content (AvgIpc) is 2.44. The Morgan fingerprint density at radius 2 is 2.10 bits per heavy atom. The molecule has 0 aromatic carbocycles. The van der Waals surface area contributed by atoms with E-state index in [4.69, 9.17) is 11.6 Å². The van der Waals surface area contributed by atoms with Crippen LogP contribution in [0.3, 0.4) is 0 Å². The number of carbonyl (C=O) groups excluding carboxylic acids is 1. The van der Waals surface area contributed by atoms with Gasteiger partial charge in [0.2, 0.25) is 5.24 Å². The van der Waals surface area contributed by atoms with Crippen LogP contribution in [0.2, 0.25) is 0 Å². The number of rotatable bonds is 5. The number of nitrogens with zero attached hydrogens (tertiary/aromatic N) is 1. The highest BCUT2D eigenvalue weighted by Crippen LogP contribution is 2.24. The van der Waals surface area contributed by atoms with Crippen molar-refractivity contribution < 1.29 is 4.79 Å². The molecular formula is C16H22ClNO2. The molecule has 0 spiro atoms. The van der Waals surface area contributed by atoms with Crippen molar-refractivity contribution in [3.63, 3.8) is 0 Å². The fraction of sp³-hybridized carbons (Fsp3) is 0.625. The molecule has 0 saturated heterocycles. The summed E-state index contributed by atoms with van der Waals surface area (Å²) in [4.78, 5) is 23.6. The van der Waals surface area contributed by atoms with Gasteiger partial charge in [0.25, 0.3) is 5.56 Å². The van der Waals surface area contributed by atoms with Gasteiger partial charge in [0.15, 0.2) is 0 Å². The largest absolute Gasteiger partial charge is 0.309 e. The van der Waals surface area contributed by atoms with Gasteiger partial charge in [-0.25, -0.2) is 0 Å². The zero-order chi connectivity index (χ0) is 14.7. The first kappa shape index (κ1) is 15.3. The van der Waals surface area contributed by atoms with E-state index in [0.717, 1.165) is 31.2 Å². The van der Waals surface area contributed by atoms with Gasteiger partial charge in [-0.05, 0) is 68.7 Å². The van der Waals surface area contributed by atoms with Gasteiger partial charge in [0.05, 0.1) is 0 Å². The topological polar surface area (TPSA) is 39.1 Å². The molecule has 1 unspecified atom stereocenters. The maximum atomic E-state index is 12.7. The minimum absolute atomic E-state index is 0.0675. The maximum Gasteiger partial charge on any atom is 0.254 e. The Bertz CT molecular complexity index is 562. The van der Waals surface area contributed by atoms with E-state index in [0.29, 0.717) is 6.42 Å². The van der Waals surface area contributed by atoms with Gasteiger partial charge in [-0.1, -0.05) is 6.92 Å². The van der Waals surface area contributed by atoms with Gasteiger partial charge in [-0.3, -0.25) is 9.59 Å². The van der Waals surface area contributed by atoms with Crippen molar-refractivity contribution in [1.82, 2.24) is 4.57 Å². The first-order valence-electron chi connectivity index (χ1n) is 7.49. The summed E-state index contributed by atoms with van der Waals surface area (Å²) in [5.74, 6) is 0. The summed E-state index contributed by atoms with van der Waals surface area (Å²) in [6.07, 6.45) is 5.98. The van der Waals surface area contributed by atoms with E-state index < -0.39 is 0 Å². The Balaban J connectivity index is 2.49. The first-order valence-corrected chi connectivity index (χ1v) is 7.86. The zero-order valence-electron chi connectivity index (χ0n) is 12.2. The molecule has 1 atom stereocenters. The molecule has 0 N–H and O–H groups in total. The highest BCUT2D eigenvalue weighted by Gasteiger charge is 2.20. The number of hydrogen-bond donors (Lipinski definition) is 0. The molecule has 0 amide bonds. The molecule has 110 valence electrons. The lowest BCUT2D eigenvalue weighted by Crippen LogP contribution is -2.31. The third-order valence-electron chi connectivity index (χ3n) is 4.24. The second-order valence-corrected chi connectivity index (χ2v) is 6.06. The van der Waals surface area contributed by atoms with E-state index in [2.05, 4.69) is 13.8 Å². The highest BCUT2D eigenvalue weighted by molar-refractivity contribution is 6.63. The lowest BCUT2D eigenvalue weighted by Gasteiger charge is -2.25. The number of fused-ring (bicyclic) bond motifs is 1. The van der Waals surface area contributed by atoms with Crippen LogP contribution in [0.15, 0.2) is 10.9 Å². The number of hydrogen-bond acceptors (Lipinski definition) is 2. The smallest absolute Gasteiger partial charge is 0.254 e. The van der Waals surface area contributed by atoms with Crippen LogP contribution >= 0.6 is 11.6 Å². The van der Waals surface area contributed by atoms with Gasteiger partial charge in [-0.2, -0.15) is 0 Å². The van der Waals surface area contributed by atoms with Crippen molar-refractivity contribution in [2.75, 3.05) is 0 Å². The van der Waals surface area contributed by atoms with Crippen molar-refractivity contribution in [1.29, 1.82) is 0 Å². The van der Waals surface area contributed by atoms with Gasteiger partial charge < -0.3 is 4.57 Å². The molecule has 0 saturated carbocycles. The molecule has 0 bridgehead atoms. The summed E-state index contributed by atoms with van der Waals surface area (Å²) in [6.45, 7) is 4.19. The molecule has 3 nitrogen and oxygen atoms in total. The van der Waals surface area contributed by atoms with Crippen LogP contribution in [-0.2, 0) is 24.1 Å². The molecule has 1 aliphatic rings. The fourth-order valence-electron chi connectivity index (χ4n) is 2.95. The number of carbonyl (C=O) groups is 1. The molecule has 0 aliphatic heterocycles. The number of aryl methyl sites for hydroxylation is 2. The summed E-state index contributed by atoms with van der Waals surface area (Å²) in [6, 6.07) is 2.22. The van der Waals surface area contributed by atoms with Crippen LogP contribution in [0.25, 0.3) is 0 Å². The second-order valence-electron chi connectivity index (χ2n) is 5.64. The SMILES string of the molecule is CCC(C)n1c2c(cc(CCC(=O)Cl)c1=O)CCCC2. The Morgan fingerprint density at radius 1 is 1.40 bits per heavy atom. The Morgan fingerprint density at radius 3 is 2.75 bits per heavy atom. The normalized spacial score (nSPS) is 15.8. The highest BCUT2D eigenvalue weighted by atomic mass is 35.5. The minimum Gasteiger partial charge on any atom is -0.309 e. The van der Waals surface area contributed by atoms with Gasteiger partial charge in [0.1, 0.15) is 0 Å². The number of aromatic nitrogens is 1.